The Balaban J connectivity index is 2.03. The Labute approximate surface area is 125 Å². The standard InChI is InChI=1S/C13H13ClN6O/c1-15-13-18-11(8-6-16-20-12(8)19-13)17-7-3-4-9(14)10(5-7)21-2/h3-6H,1-2H3,(H3,15,16,17,18,19,20). The predicted octanol–water partition coefficient (Wildman–Crippen LogP) is 2.80. The van der Waals surface area contributed by atoms with Crippen molar-refractivity contribution in [3.63, 3.8) is 0 Å². The molecule has 108 valence electrons. The van der Waals surface area contributed by atoms with Gasteiger partial charge in [-0.1, -0.05) is 11.6 Å². The number of H-pyrrole nitrogens is 1. The Morgan fingerprint density at radius 2 is 2.14 bits per heavy atom. The smallest absolute Gasteiger partial charge is 0.226 e. The van der Waals surface area contributed by atoms with E-state index >= 15 is 0 Å². The number of benzene rings is 1. The van der Waals surface area contributed by atoms with E-state index in [2.05, 4.69) is 30.8 Å². The van der Waals surface area contributed by atoms with Gasteiger partial charge in [-0.25, -0.2) is 0 Å². The van der Waals surface area contributed by atoms with Gasteiger partial charge in [0.15, 0.2) is 5.65 Å². The Hall–Kier alpha value is -2.54. The molecule has 0 unspecified atom stereocenters. The fourth-order valence-corrected chi connectivity index (χ4v) is 2.11. The third-order valence-electron chi connectivity index (χ3n) is 2.95. The van der Waals surface area contributed by atoms with Crippen LogP contribution in [0.15, 0.2) is 24.4 Å². The Kier molecular flexibility index (Phi) is 3.49. The highest BCUT2D eigenvalue weighted by Crippen LogP contribution is 2.30. The number of nitrogens with one attached hydrogen (secondary N) is 3. The molecule has 3 N–H and O–H groups in total. The van der Waals surface area contributed by atoms with Gasteiger partial charge in [0, 0.05) is 18.8 Å². The van der Waals surface area contributed by atoms with Gasteiger partial charge in [-0.05, 0) is 12.1 Å². The summed E-state index contributed by atoms with van der Waals surface area (Å²) < 4.78 is 5.21. The van der Waals surface area contributed by atoms with E-state index in [4.69, 9.17) is 16.3 Å². The highest BCUT2D eigenvalue weighted by atomic mass is 35.5. The molecule has 0 saturated heterocycles. The first-order valence-electron chi connectivity index (χ1n) is 6.20. The van der Waals surface area contributed by atoms with Crippen LogP contribution in [0, 0.1) is 0 Å². The van der Waals surface area contributed by atoms with Crippen LogP contribution in [-0.4, -0.2) is 34.3 Å². The molecule has 3 aromatic rings. The third kappa shape index (κ3) is 2.55. The van der Waals surface area contributed by atoms with Gasteiger partial charge in [-0.2, -0.15) is 15.1 Å². The molecule has 0 amide bonds. The number of ether oxygens (including phenoxy) is 1. The average Bonchev–Trinajstić information content (AvgIpc) is 2.97. The number of methoxy groups -OCH3 is 1. The van der Waals surface area contributed by atoms with Crippen molar-refractivity contribution in [2.75, 3.05) is 24.8 Å². The molecule has 0 saturated carbocycles. The summed E-state index contributed by atoms with van der Waals surface area (Å²) in [6.45, 7) is 0. The van der Waals surface area contributed by atoms with Crippen molar-refractivity contribution in [1.29, 1.82) is 0 Å². The van der Waals surface area contributed by atoms with Crippen LogP contribution in [0.4, 0.5) is 17.5 Å². The molecule has 0 aliphatic heterocycles. The van der Waals surface area contributed by atoms with Crippen LogP contribution >= 0.6 is 11.6 Å². The van der Waals surface area contributed by atoms with E-state index in [-0.39, 0.29) is 0 Å². The lowest BCUT2D eigenvalue weighted by molar-refractivity contribution is 0.415. The lowest BCUT2D eigenvalue weighted by atomic mass is 10.3. The van der Waals surface area contributed by atoms with E-state index in [1.807, 2.05) is 6.07 Å². The lowest BCUT2D eigenvalue weighted by Crippen LogP contribution is -2.01. The van der Waals surface area contributed by atoms with Crippen molar-refractivity contribution >= 4 is 40.1 Å². The highest BCUT2D eigenvalue weighted by Gasteiger charge is 2.10. The van der Waals surface area contributed by atoms with Crippen molar-refractivity contribution in [3.05, 3.63) is 29.4 Å². The van der Waals surface area contributed by atoms with Crippen LogP contribution in [0.5, 0.6) is 5.75 Å². The Bertz CT molecular complexity index is 787. The van der Waals surface area contributed by atoms with Crippen molar-refractivity contribution in [2.45, 2.75) is 0 Å². The van der Waals surface area contributed by atoms with Crippen LogP contribution < -0.4 is 15.4 Å². The molecule has 0 radical (unpaired) electrons. The number of aromatic amines is 1. The highest BCUT2D eigenvalue weighted by molar-refractivity contribution is 6.32. The first kappa shape index (κ1) is 13.4. The molecule has 0 aliphatic rings. The normalized spacial score (nSPS) is 10.6. The second-order valence-electron chi connectivity index (χ2n) is 4.25. The van der Waals surface area contributed by atoms with Crippen LogP contribution in [0.1, 0.15) is 0 Å². The van der Waals surface area contributed by atoms with Crippen molar-refractivity contribution in [3.8, 4) is 5.75 Å². The minimum Gasteiger partial charge on any atom is -0.495 e. The van der Waals surface area contributed by atoms with Gasteiger partial charge < -0.3 is 15.4 Å². The van der Waals surface area contributed by atoms with Crippen LogP contribution in [0.3, 0.4) is 0 Å². The van der Waals surface area contributed by atoms with E-state index in [1.54, 1.807) is 32.5 Å². The van der Waals surface area contributed by atoms with Crippen molar-refractivity contribution < 1.29 is 4.74 Å². The summed E-state index contributed by atoms with van der Waals surface area (Å²) in [5, 5.41) is 14.3. The number of rotatable bonds is 4. The molecule has 0 spiro atoms. The average molecular weight is 305 g/mol. The monoisotopic (exact) mass is 304 g/mol. The number of hydrogen-bond donors (Lipinski definition) is 3. The second kappa shape index (κ2) is 5.45. The number of aromatic nitrogens is 4. The molecular formula is C13H13ClN6O. The lowest BCUT2D eigenvalue weighted by Gasteiger charge is -2.10. The summed E-state index contributed by atoms with van der Waals surface area (Å²) in [5.74, 6) is 1.73. The minimum atomic E-state index is 0.496. The number of hydrogen-bond acceptors (Lipinski definition) is 6. The molecule has 0 atom stereocenters. The van der Waals surface area contributed by atoms with Crippen LogP contribution in [0.25, 0.3) is 11.0 Å². The molecule has 3 rings (SSSR count). The maximum atomic E-state index is 6.02. The van der Waals surface area contributed by atoms with Gasteiger partial charge in [0.25, 0.3) is 0 Å². The molecule has 2 aromatic heterocycles. The molecule has 0 aliphatic carbocycles. The molecule has 7 nitrogen and oxygen atoms in total. The van der Waals surface area contributed by atoms with Crippen LogP contribution in [-0.2, 0) is 0 Å². The predicted molar refractivity (Wildman–Crippen MR) is 82.5 cm³/mol. The molecule has 0 fully saturated rings. The summed E-state index contributed by atoms with van der Waals surface area (Å²) in [4.78, 5) is 8.68. The quantitative estimate of drug-likeness (QED) is 0.687. The number of nitrogens with zero attached hydrogens (tertiary/aromatic N) is 3. The Morgan fingerprint density at radius 1 is 1.29 bits per heavy atom. The maximum Gasteiger partial charge on any atom is 0.226 e. The zero-order valence-electron chi connectivity index (χ0n) is 11.4. The summed E-state index contributed by atoms with van der Waals surface area (Å²) >= 11 is 6.02. The molecule has 8 heteroatoms. The number of fused-ring (bicyclic) bond motifs is 1. The first-order chi connectivity index (χ1) is 10.2. The van der Waals surface area contributed by atoms with Gasteiger partial charge >= 0.3 is 0 Å². The zero-order chi connectivity index (χ0) is 14.8. The van der Waals surface area contributed by atoms with Crippen molar-refractivity contribution in [1.82, 2.24) is 20.2 Å². The van der Waals surface area contributed by atoms with Gasteiger partial charge in [-0.15, -0.1) is 0 Å². The maximum absolute atomic E-state index is 6.02. The van der Waals surface area contributed by atoms with E-state index in [0.29, 0.717) is 28.2 Å². The van der Waals surface area contributed by atoms with E-state index in [0.717, 1.165) is 11.1 Å². The molecule has 0 bridgehead atoms. The number of anilines is 3. The fourth-order valence-electron chi connectivity index (χ4n) is 1.92. The number of halogens is 1. The summed E-state index contributed by atoms with van der Waals surface area (Å²) in [5.41, 5.74) is 1.46. The summed E-state index contributed by atoms with van der Waals surface area (Å²) in [6, 6.07) is 5.41. The van der Waals surface area contributed by atoms with E-state index in [1.165, 1.54) is 0 Å². The zero-order valence-corrected chi connectivity index (χ0v) is 12.2. The van der Waals surface area contributed by atoms with E-state index < -0.39 is 0 Å². The Morgan fingerprint density at radius 3 is 2.90 bits per heavy atom. The minimum absolute atomic E-state index is 0.496. The summed E-state index contributed by atoms with van der Waals surface area (Å²) in [7, 11) is 3.33. The van der Waals surface area contributed by atoms with Crippen LogP contribution in [0.2, 0.25) is 5.02 Å². The molecule has 2 heterocycles. The third-order valence-corrected chi connectivity index (χ3v) is 3.26. The topological polar surface area (TPSA) is 87.8 Å². The van der Waals surface area contributed by atoms with Gasteiger partial charge in [0.2, 0.25) is 5.95 Å². The van der Waals surface area contributed by atoms with Gasteiger partial charge in [0.1, 0.15) is 11.6 Å². The fraction of sp³-hybridized carbons (Fsp3) is 0.154. The van der Waals surface area contributed by atoms with Crippen molar-refractivity contribution in [2.24, 2.45) is 0 Å². The summed E-state index contributed by atoms with van der Waals surface area (Å²) in [6.07, 6.45) is 1.67. The SMILES string of the molecule is CNc1nc(Nc2ccc(Cl)c(OC)c2)c2cn[nH]c2n1. The molecule has 1 aromatic carbocycles. The molecular weight excluding hydrogens is 292 g/mol. The van der Waals surface area contributed by atoms with Gasteiger partial charge in [0.05, 0.1) is 23.7 Å². The van der Waals surface area contributed by atoms with E-state index in [9.17, 15) is 0 Å². The van der Waals surface area contributed by atoms with Gasteiger partial charge in [-0.3, -0.25) is 5.10 Å². The largest absolute Gasteiger partial charge is 0.495 e. The molecule has 21 heavy (non-hydrogen) atoms. The second-order valence-corrected chi connectivity index (χ2v) is 4.66. The first-order valence-corrected chi connectivity index (χ1v) is 6.58.